The average Bonchev–Trinajstić information content (AvgIpc) is 3.52. The van der Waals surface area contributed by atoms with E-state index in [2.05, 4.69) is 12.2 Å². The van der Waals surface area contributed by atoms with Crippen LogP contribution in [-0.2, 0) is 21.7 Å². The Bertz CT molecular complexity index is 1100. The molecule has 1 aliphatic carbocycles. The molecule has 2 nitrogen and oxygen atoms in total. The molecule has 0 aliphatic heterocycles. The van der Waals surface area contributed by atoms with Gasteiger partial charge in [-0.05, 0) is 49.1 Å². The van der Waals surface area contributed by atoms with Crippen LogP contribution in [0.15, 0.2) is 79.4 Å². The van der Waals surface area contributed by atoms with Crippen LogP contribution in [0.4, 0.5) is 26.3 Å². The molecule has 171 valence electrons. The van der Waals surface area contributed by atoms with Gasteiger partial charge in [0.25, 0.3) is 0 Å². The summed E-state index contributed by atoms with van der Waals surface area (Å²) in [4.78, 5) is 0. The van der Waals surface area contributed by atoms with Gasteiger partial charge in [-0.2, -0.15) is 6.08 Å². The van der Waals surface area contributed by atoms with E-state index >= 15 is 0 Å². The second kappa shape index (κ2) is 12.9. The summed E-state index contributed by atoms with van der Waals surface area (Å²) in [7, 11) is 0. The summed E-state index contributed by atoms with van der Waals surface area (Å²) >= 11 is 0. The molecule has 5 rings (SSSR count). The average molecular weight is 505 g/mol. The van der Waals surface area contributed by atoms with Crippen molar-refractivity contribution in [1.29, 1.82) is 0 Å². The molecule has 0 atom stereocenters. The summed E-state index contributed by atoms with van der Waals surface area (Å²) < 4.78 is 80.0. The van der Waals surface area contributed by atoms with Crippen molar-refractivity contribution in [3.8, 4) is 11.4 Å². The monoisotopic (exact) mass is 505 g/mol. The molecule has 0 amide bonds. The van der Waals surface area contributed by atoms with Crippen molar-refractivity contribution in [2.24, 2.45) is 0 Å². The van der Waals surface area contributed by atoms with Crippen molar-refractivity contribution >= 4 is 0 Å². The van der Waals surface area contributed by atoms with E-state index in [1.807, 2.05) is 12.2 Å². The number of allylic oxidation sites excluding steroid dienone is 4. The number of aromatic nitrogens is 2. The third kappa shape index (κ3) is 7.14. The number of hydrogen-bond donors (Lipinski definition) is 0. The molecule has 1 aliphatic rings. The van der Waals surface area contributed by atoms with Gasteiger partial charge in [-0.15, -0.1) is 18.6 Å². The van der Waals surface area contributed by atoms with Gasteiger partial charge in [0.2, 0.25) is 0 Å². The fraction of sp³-hybridized carbons (Fsp3) is 0.0400. The Kier molecular flexibility index (Phi) is 10.2. The van der Waals surface area contributed by atoms with Gasteiger partial charge < -0.3 is 9.13 Å². The van der Waals surface area contributed by atoms with Crippen LogP contribution in [0.1, 0.15) is 6.42 Å². The first kappa shape index (κ1) is 27.0. The zero-order valence-electron chi connectivity index (χ0n) is 17.4. The quantitative estimate of drug-likeness (QED) is 0.163. The molecule has 0 fully saturated rings. The SMILES string of the molecule is Fc1[c-]c(F)c(-n2cccc2)c(F)c1.Fc1[c-]c(F)c(-n2cccc2)c(F)c1.[C-]1=CC=CC1.[Ti+3]. The van der Waals surface area contributed by atoms with E-state index in [1.54, 1.807) is 36.4 Å². The predicted molar refractivity (Wildman–Crippen MR) is 111 cm³/mol. The molecule has 4 aromatic rings. The van der Waals surface area contributed by atoms with Gasteiger partial charge in [-0.25, -0.2) is 38.5 Å². The van der Waals surface area contributed by atoms with E-state index in [0.29, 0.717) is 12.1 Å². The van der Waals surface area contributed by atoms with E-state index in [-0.39, 0.29) is 33.1 Å². The Morgan fingerprint density at radius 2 is 1.06 bits per heavy atom. The van der Waals surface area contributed by atoms with Crippen LogP contribution in [0.5, 0.6) is 0 Å². The molecule has 2 aromatic heterocycles. The van der Waals surface area contributed by atoms with Crippen LogP contribution in [0.3, 0.4) is 0 Å². The van der Waals surface area contributed by atoms with E-state index in [1.165, 1.54) is 33.9 Å². The van der Waals surface area contributed by atoms with Crippen molar-refractivity contribution in [1.82, 2.24) is 9.13 Å². The summed E-state index contributed by atoms with van der Waals surface area (Å²) in [6.07, 6.45) is 15.9. The molecule has 0 bridgehead atoms. The fourth-order valence-electron chi connectivity index (χ4n) is 2.75. The van der Waals surface area contributed by atoms with E-state index in [0.717, 1.165) is 6.42 Å². The zero-order valence-corrected chi connectivity index (χ0v) is 18.9. The standard InChI is InChI=1S/2C10H5F3N.C5H5.Ti/c2*11-7-5-8(12)10(9(13)6-7)14-3-1-2-4-14;1-2-4-5-3-1;/h2*1-5H;1-3H,4H2;/q3*-1;+3. The van der Waals surface area contributed by atoms with Crippen molar-refractivity contribution in [2.75, 3.05) is 0 Å². The summed E-state index contributed by atoms with van der Waals surface area (Å²) in [6, 6.07) is 11.2. The minimum absolute atomic E-state index is 0. The number of rotatable bonds is 2. The third-order valence-electron chi connectivity index (χ3n) is 4.14. The fourth-order valence-corrected chi connectivity index (χ4v) is 2.75. The minimum atomic E-state index is -1.05. The van der Waals surface area contributed by atoms with Crippen molar-refractivity contribution in [2.45, 2.75) is 6.42 Å². The molecule has 0 saturated carbocycles. The summed E-state index contributed by atoms with van der Waals surface area (Å²) in [5.41, 5.74) is -0.646. The number of halogens is 6. The molecule has 1 radical (unpaired) electrons. The van der Waals surface area contributed by atoms with Gasteiger partial charge in [0.05, 0.1) is 0 Å². The minimum Gasteiger partial charge on any atom is -0.372 e. The Morgan fingerprint density at radius 3 is 1.32 bits per heavy atom. The molecular formula is C25H15F6N2Ti. The first-order chi connectivity index (χ1) is 15.9. The third-order valence-corrected chi connectivity index (χ3v) is 4.14. The molecule has 0 unspecified atom stereocenters. The number of benzene rings is 2. The Labute approximate surface area is 207 Å². The molecule has 9 heteroatoms. The molecule has 2 aromatic carbocycles. The second-order valence-corrected chi connectivity index (χ2v) is 6.44. The maximum Gasteiger partial charge on any atom is 3.00 e. The maximum absolute atomic E-state index is 13.2. The maximum atomic E-state index is 13.2. The summed E-state index contributed by atoms with van der Waals surface area (Å²) in [6.45, 7) is 0. The van der Waals surface area contributed by atoms with Gasteiger partial charge >= 0.3 is 21.7 Å². The number of hydrogen-bond acceptors (Lipinski definition) is 0. The first-order valence-electron chi connectivity index (χ1n) is 9.49. The van der Waals surface area contributed by atoms with E-state index in [4.69, 9.17) is 0 Å². The van der Waals surface area contributed by atoms with Crippen molar-refractivity contribution in [3.63, 3.8) is 0 Å². The second-order valence-electron chi connectivity index (χ2n) is 6.44. The number of nitrogens with zero attached hydrogens (tertiary/aromatic N) is 2. The van der Waals surface area contributed by atoms with Gasteiger partial charge in [0.15, 0.2) is 0 Å². The van der Waals surface area contributed by atoms with Crippen molar-refractivity contribution in [3.05, 3.63) is 133 Å². The molecule has 2 heterocycles. The summed E-state index contributed by atoms with van der Waals surface area (Å²) in [5, 5.41) is 0. The van der Waals surface area contributed by atoms with Crippen LogP contribution >= 0.6 is 0 Å². The molecule has 0 N–H and O–H groups in total. The Balaban J connectivity index is 0.000000195. The molecule has 0 spiro atoms. The van der Waals surface area contributed by atoms with Gasteiger partial charge in [0.1, 0.15) is 0 Å². The van der Waals surface area contributed by atoms with Crippen LogP contribution in [-0.4, -0.2) is 9.13 Å². The van der Waals surface area contributed by atoms with E-state index < -0.39 is 34.9 Å². The smallest absolute Gasteiger partial charge is 0.372 e. The predicted octanol–water partition coefficient (Wildman–Crippen LogP) is 6.69. The first-order valence-corrected chi connectivity index (χ1v) is 9.49. The molecule has 34 heavy (non-hydrogen) atoms. The molecular weight excluding hydrogens is 490 g/mol. The van der Waals surface area contributed by atoms with Crippen LogP contribution in [0.25, 0.3) is 11.4 Å². The van der Waals surface area contributed by atoms with E-state index in [9.17, 15) is 26.3 Å². The van der Waals surface area contributed by atoms with Crippen LogP contribution in [0.2, 0.25) is 0 Å². The van der Waals surface area contributed by atoms with Gasteiger partial charge in [0, 0.05) is 46.3 Å². The van der Waals surface area contributed by atoms with Crippen LogP contribution in [0, 0.1) is 53.1 Å². The topological polar surface area (TPSA) is 9.86 Å². The molecule has 0 saturated heterocycles. The van der Waals surface area contributed by atoms with Gasteiger partial charge in [-0.1, -0.05) is 12.1 Å². The Hall–Kier alpha value is -3.23. The zero-order chi connectivity index (χ0) is 23.8. The largest absolute Gasteiger partial charge is 3.00 e. The summed E-state index contributed by atoms with van der Waals surface area (Å²) in [5.74, 6) is -6.07. The normalized spacial score (nSPS) is 11.2. The van der Waals surface area contributed by atoms with Crippen molar-refractivity contribution < 1.29 is 48.1 Å². The Morgan fingerprint density at radius 1 is 0.647 bits per heavy atom. The van der Waals surface area contributed by atoms with Crippen LogP contribution < -0.4 is 0 Å². The van der Waals surface area contributed by atoms with Gasteiger partial charge in [-0.3, -0.25) is 6.08 Å².